The Morgan fingerprint density at radius 1 is 1.33 bits per heavy atom. The molecule has 5 heteroatoms. The lowest BCUT2D eigenvalue weighted by atomic mass is 10.1. The average molecular weight is 288 g/mol. The van der Waals surface area contributed by atoms with Crippen LogP contribution in [0.15, 0.2) is 36.7 Å². The van der Waals surface area contributed by atoms with Crippen molar-refractivity contribution in [3.8, 4) is 0 Å². The van der Waals surface area contributed by atoms with Gasteiger partial charge < -0.3 is 19.5 Å². The minimum Gasteiger partial charge on any atom is -0.383 e. The van der Waals surface area contributed by atoms with E-state index in [0.29, 0.717) is 0 Å². The van der Waals surface area contributed by atoms with Crippen LogP contribution in [0.3, 0.4) is 0 Å². The Hall–Kier alpha value is -1.85. The predicted molar refractivity (Wildman–Crippen MR) is 85.3 cm³/mol. The van der Waals surface area contributed by atoms with Gasteiger partial charge in [-0.05, 0) is 11.6 Å². The monoisotopic (exact) mass is 288 g/mol. The molecule has 0 atom stereocenters. The Morgan fingerprint density at radius 3 is 2.86 bits per heavy atom. The van der Waals surface area contributed by atoms with E-state index in [-0.39, 0.29) is 0 Å². The predicted octanol–water partition coefficient (Wildman–Crippen LogP) is 1.79. The van der Waals surface area contributed by atoms with Crippen molar-refractivity contribution in [2.75, 3.05) is 32.2 Å². The number of ether oxygens (including phenoxy) is 1. The highest BCUT2D eigenvalue weighted by atomic mass is 16.5. The van der Waals surface area contributed by atoms with E-state index in [1.54, 1.807) is 7.11 Å². The number of anilines is 1. The van der Waals surface area contributed by atoms with Crippen LogP contribution in [0.4, 0.5) is 5.69 Å². The van der Waals surface area contributed by atoms with E-state index in [4.69, 9.17) is 4.74 Å². The molecule has 114 valence electrons. The minimum atomic E-state index is 0.727. The Morgan fingerprint density at radius 2 is 2.14 bits per heavy atom. The molecule has 1 aromatic heterocycles. The summed E-state index contributed by atoms with van der Waals surface area (Å²) in [6.07, 6.45) is 3.81. The number of nitrogens with one attached hydrogen (secondary N) is 1. The minimum absolute atomic E-state index is 0.727. The first-order chi connectivity index (χ1) is 10.2. The molecule has 1 aromatic carbocycles. The van der Waals surface area contributed by atoms with E-state index in [9.17, 15) is 0 Å². The summed E-state index contributed by atoms with van der Waals surface area (Å²) in [5.41, 5.74) is 2.51. The van der Waals surface area contributed by atoms with Crippen molar-refractivity contribution in [2.45, 2.75) is 13.1 Å². The van der Waals surface area contributed by atoms with Gasteiger partial charge in [-0.2, -0.15) is 0 Å². The summed E-state index contributed by atoms with van der Waals surface area (Å²) < 4.78 is 7.11. The van der Waals surface area contributed by atoms with Gasteiger partial charge in [0, 0.05) is 52.4 Å². The second kappa shape index (κ2) is 7.81. The van der Waals surface area contributed by atoms with E-state index < -0.39 is 0 Å². The highest BCUT2D eigenvalue weighted by Crippen LogP contribution is 2.20. The first-order valence-corrected chi connectivity index (χ1v) is 7.17. The molecule has 0 aliphatic heterocycles. The quantitative estimate of drug-likeness (QED) is 0.752. The molecule has 0 bridgehead atoms. The fraction of sp³-hybridized carbons (Fsp3) is 0.438. The standard InChI is InChI=1S/C16H24N4O/c1-19-10-8-18-16(19)13-20(2)15-7-5-4-6-14(15)12-17-9-11-21-3/h4-8,10,17H,9,11-13H2,1-3H3. The molecular formula is C16H24N4O. The molecule has 0 aliphatic carbocycles. The number of nitrogens with zero attached hydrogens (tertiary/aromatic N) is 3. The molecule has 0 saturated carbocycles. The Balaban J connectivity index is 2.02. The molecular weight excluding hydrogens is 264 g/mol. The molecule has 2 rings (SSSR count). The number of hydrogen-bond acceptors (Lipinski definition) is 4. The van der Waals surface area contributed by atoms with Crippen molar-refractivity contribution in [3.05, 3.63) is 48.0 Å². The largest absolute Gasteiger partial charge is 0.383 e. The lowest BCUT2D eigenvalue weighted by Crippen LogP contribution is -2.23. The van der Waals surface area contributed by atoms with Crippen molar-refractivity contribution in [2.24, 2.45) is 7.05 Å². The summed E-state index contributed by atoms with van der Waals surface area (Å²) in [4.78, 5) is 6.62. The molecule has 1 N–H and O–H groups in total. The summed E-state index contributed by atoms with van der Waals surface area (Å²) in [5.74, 6) is 1.06. The van der Waals surface area contributed by atoms with Gasteiger partial charge in [-0.3, -0.25) is 0 Å². The highest BCUT2D eigenvalue weighted by Gasteiger charge is 2.09. The van der Waals surface area contributed by atoms with Gasteiger partial charge in [0.15, 0.2) is 0 Å². The number of imidazole rings is 1. The molecule has 0 radical (unpaired) electrons. The van der Waals surface area contributed by atoms with Gasteiger partial charge in [-0.15, -0.1) is 0 Å². The van der Waals surface area contributed by atoms with Crippen LogP contribution in [0.5, 0.6) is 0 Å². The molecule has 0 aliphatic rings. The van der Waals surface area contributed by atoms with Crippen molar-refractivity contribution < 1.29 is 4.74 Å². The van der Waals surface area contributed by atoms with Crippen LogP contribution in [-0.2, 0) is 24.9 Å². The zero-order chi connectivity index (χ0) is 15.1. The average Bonchev–Trinajstić information content (AvgIpc) is 2.89. The van der Waals surface area contributed by atoms with Gasteiger partial charge in [0.2, 0.25) is 0 Å². The van der Waals surface area contributed by atoms with Crippen LogP contribution in [0, 0.1) is 0 Å². The van der Waals surface area contributed by atoms with Gasteiger partial charge in [-0.1, -0.05) is 18.2 Å². The third kappa shape index (κ3) is 4.31. The smallest absolute Gasteiger partial charge is 0.127 e. The Bertz CT molecular complexity index is 553. The van der Waals surface area contributed by atoms with Gasteiger partial charge in [-0.25, -0.2) is 4.98 Å². The first-order valence-electron chi connectivity index (χ1n) is 7.17. The molecule has 5 nitrogen and oxygen atoms in total. The number of methoxy groups -OCH3 is 1. The van der Waals surface area contributed by atoms with Gasteiger partial charge in [0.05, 0.1) is 13.2 Å². The van der Waals surface area contributed by atoms with Crippen LogP contribution in [0.2, 0.25) is 0 Å². The van der Waals surface area contributed by atoms with Crippen molar-refractivity contribution in [3.63, 3.8) is 0 Å². The number of rotatable bonds is 8. The maximum atomic E-state index is 5.06. The molecule has 0 fully saturated rings. The summed E-state index contributed by atoms with van der Waals surface area (Å²) in [6.45, 7) is 3.21. The zero-order valence-corrected chi connectivity index (χ0v) is 13.0. The molecule has 2 aromatic rings. The number of aryl methyl sites for hydroxylation is 1. The molecule has 21 heavy (non-hydrogen) atoms. The fourth-order valence-corrected chi connectivity index (χ4v) is 2.28. The lowest BCUT2D eigenvalue weighted by molar-refractivity contribution is 0.199. The molecule has 1 heterocycles. The SMILES string of the molecule is COCCNCc1ccccc1N(C)Cc1nccn1C. The lowest BCUT2D eigenvalue weighted by Gasteiger charge is -2.22. The van der Waals surface area contributed by atoms with Crippen LogP contribution >= 0.6 is 0 Å². The fourth-order valence-electron chi connectivity index (χ4n) is 2.28. The van der Waals surface area contributed by atoms with Gasteiger partial charge >= 0.3 is 0 Å². The zero-order valence-electron chi connectivity index (χ0n) is 13.0. The third-order valence-electron chi connectivity index (χ3n) is 3.50. The topological polar surface area (TPSA) is 42.3 Å². The van der Waals surface area contributed by atoms with E-state index in [1.165, 1.54) is 11.3 Å². The third-order valence-corrected chi connectivity index (χ3v) is 3.50. The molecule has 0 saturated heterocycles. The number of benzene rings is 1. The number of para-hydroxylation sites is 1. The van der Waals surface area contributed by atoms with Gasteiger partial charge in [0.1, 0.15) is 5.82 Å². The van der Waals surface area contributed by atoms with Crippen LogP contribution in [0.25, 0.3) is 0 Å². The van der Waals surface area contributed by atoms with Crippen molar-refractivity contribution in [1.29, 1.82) is 0 Å². The van der Waals surface area contributed by atoms with Gasteiger partial charge in [0.25, 0.3) is 0 Å². The summed E-state index contributed by atoms with van der Waals surface area (Å²) in [6, 6.07) is 8.45. The van der Waals surface area contributed by atoms with E-state index >= 15 is 0 Å². The summed E-state index contributed by atoms with van der Waals surface area (Å²) in [7, 11) is 5.84. The molecule has 0 spiro atoms. The van der Waals surface area contributed by atoms with Crippen LogP contribution < -0.4 is 10.2 Å². The number of aromatic nitrogens is 2. The van der Waals surface area contributed by atoms with E-state index in [0.717, 1.165) is 32.1 Å². The first kappa shape index (κ1) is 15.5. The highest BCUT2D eigenvalue weighted by molar-refractivity contribution is 5.53. The second-order valence-electron chi connectivity index (χ2n) is 5.11. The van der Waals surface area contributed by atoms with Crippen LogP contribution in [0.1, 0.15) is 11.4 Å². The van der Waals surface area contributed by atoms with E-state index in [1.807, 2.05) is 19.4 Å². The summed E-state index contributed by atoms with van der Waals surface area (Å²) in [5, 5.41) is 3.40. The number of hydrogen-bond donors (Lipinski definition) is 1. The second-order valence-corrected chi connectivity index (χ2v) is 5.11. The van der Waals surface area contributed by atoms with Crippen molar-refractivity contribution in [1.82, 2.24) is 14.9 Å². The van der Waals surface area contributed by atoms with Crippen LogP contribution in [-0.4, -0.2) is 36.9 Å². The molecule has 0 unspecified atom stereocenters. The normalized spacial score (nSPS) is 10.8. The van der Waals surface area contributed by atoms with E-state index in [2.05, 4.69) is 51.1 Å². The van der Waals surface area contributed by atoms with Crippen molar-refractivity contribution >= 4 is 5.69 Å². The maximum Gasteiger partial charge on any atom is 0.127 e. The summed E-state index contributed by atoms with van der Waals surface area (Å²) >= 11 is 0. The Labute approximate surface area is 126 Å². The molecule has 0 amide bonds. The maximum absolute atomic E-state index is 5.06. The Kier molecular flexibility index (Phi) is 5.78.